The summed E-state index contributed by atoms with van der Waals surface area (Å²) in [5, 5.41) is 8.65. The Morgan fingerprint density at radius 3 is 3.00 bits per heavy atom. The molecule has 66 valence electrons. The Hall–Kier alpha value is -1.84. The van der Waals surface area contributed by atoms with Crippen molar-refractivity contribution in [2.45, 2.75) is 6.10 Å². The number of para-hydroxylation sites is 2. The van der Waals surface area contributed by atoms with Crippen LogP contribution in [0.15, 0.2) is 29.3 Å². The number of ether oxygens (including phenoxy) is 1. The van der Waals surface area contributed by atoms with Crippen molar-refractivity contribution in [1.82, 2.24) is 0 Å². The number of aliphatic carboxylic acids is 1. The molecular weight excluding hydrogens is 170 g/mol. The van der Waals surface area contributed by atoms with Gasteiger partial charge in [-0.05, 0) is 12.1 Å². The van der Waals surface area contributed by atoms with E-state index in [1.165, 1.54) is 6.21 Å². The van der Waals surface area contributed by atoms with Crippen molar-refractivity contribution >= 4 is 17.9 Å². The van der Waals surface area contributed by atoms with Gasteiger partial charge in [-0.3, -0.25) is 4.99 Å². The monoisotopic (exact) mass is 177 g/mol. The Balaban J connectivity index is 2.34. The van der Waals surface area contributed by atoms with Crippen LogP contribution in [0.4, 0.5) is 5.69 Å². The number of hydrogen-bond donors (Lipinski definition) is 1. The normalized spacial score (nSPS) is 18.9. The summed E-state index contributed by atoms with van der Waals surface area (Å²) in [5.41, 5.74) is 0.667. The number of rotatable bonds is 1. The summed E-state index contributed by atoms with van der Waals surface area (Å²) in [6.45, 7) is 0. The summed E-state index contributed by atoms with van der Waals surface area (Å²) in [5.74, 6) is -0.518. The van der Waals surface area contributed by atoms with Gasteiger partial charge in [-0.1, -0.05) is 12.1 Å². The molecule has 1 atom stereocenters. The van der Waals surface area contributed by atoms with Crippen LogP contribution in [0.5, 0.6) is 5.75 Å². The van der Waals surface area contributed by atoms with Crippen LogP contribution in [0.25, 0.3) is 0 Å². The topological polar surface area (TPSA) is 58.9 Å². The van der Waals surface area contributed by atoms with Crippen LogP contribution in [0.1, 0.15) is 0 Å². The van der Waals surface area contributed by atoms with Crippen LogP contribution in [0, 0.1) is 0 Å². The lowest BCUT2D eigenvalue weighted by Crippen LogP contribution is -2.29. The molecule has 1 aliphatic heterocycles. The van der Waals surface area contributed by atoms with Gasteiger partial charge in [0.15, 0.2) is 0 Å². The molecule has 0 aromatic heterocycles. The molecule has 1 aliphatic rings. The number of nitrogens with zero attached hydrogens (tertiary/aromatic N) is 1. The quantitative estimate of drug-likeness (QED) is 0.701. The van der Waals surface area contributed by atoms with Gasteiger partial charge in [-0.25, -0.2) is 4.79 Å². The van der Waals surface area contributed by atoms with Crippen LogP contribution >= 0.6 is 0 Å². The number of hydrogen-bond acceptors (Lipinski definition) is 3. The first-order valence-electron chi connectivity index (χ1n) is 3.80. The lowest BCUT2D eigenvalue weighted by atomic mass is 10.2. The van der Waals surface area contributed by atoms with Gasteiger partial charge in [-0.2, -0.15) is 0 Å². The highest BCUT2D eigenvalue weighted by Crippen LogP contribution is 2.29. The van der Waals surface area contributed by atoms with Gasteiger partial charge < -0.3 is 9.84 Å². The third-order valence-electron chi connectivity index (χ3n) is 1.71. The Kier molecular flexibility index (Phi) is 1.73. The number of carboxylic acids is 1. The van der Waals surface area contributed by atoms with Gasteiger partial charge in [0.1, 0.15) is 11.4 Å². The molecule has 0 aliphatic carbocycles. The fourth-order valence-corrected chi connectivity index (χ4v) is 1.09. The first-order valence-corrected chi connectivity index (χ1v) is 3.80. The van der Waals surface area contributed by atoms with Gasteiger partial charge in [0.2, 0.25) is 6.10 Å². The Bertz CT molecular complexity index is 373. The summed E-state index contributed by atoms with van der Waals surface area (Å²) in [7, 11) is 0. The number of aliphatic imine (C=N–C) groups is 1. The van der Waals surface area contributed by atoms with Crippen LogP contribution in [-0.4, -0.2) is 23.4 Å². The van der Waals surface area contributed by atoms with Crippen LogP contribution < -0.4 is 4.74 Å². The summed E-state index contributed by atoms with van der Waals surface area (Å²) in [6.07, 6.45) is 0.319. The maximum Gasteiger partial charge on any atom is 0.350 e. The minimum Gasteiger partial charge on any atom is -0.478 e. The van der Waals surface area contributed by atoms with Crippen LogP contribution in [0.3, 0.4) is 0 Å². The standard InChI is InChI=1S/C9H7NO3/c11-9(12)8-5-10-6-3-1-2-4-7(6)13-8/h1-5,8H,(H,11,12). The van der Waals surface area contributed by atoms with Crippen molar-refractivity contribution in [1.29, 1.82) is 0 Å². The van der Waals surface area contributed by atoms with E-state index in [2.05, 4.69) is 4.99 Å². The first-order chi connectivity index (χ1) is 6.27. The molecule has 0 bridgehead atoms. The molecule has 2 rings (SSSR count). The SMILES string of the molecule is O=C(O)C1C=Nc2ccccc2O1. The largest absolute Gasteiger partial charge is 0.478 e. The number of carbonyl (C=O) groups is 1. The highest BCUT2D eigenvalue weighted by molar-refractivity contribution is 5.94. The zero-order chi connectivity index (χ0) is 9.26. The molecule has 13 heavy (non-hydrogen) atoms. The lowest BCUT2D eigenvalue weighted by molar-refractivity contribution is -0.141. The average molecular weight is 177 g/mol. The fraction of sp³-hybridized carbons (Fsp3) is 0.111. The average Bonchev–Trinajstić information content (AvgIpc) is 2.17. The Labute approximate surface area is 74.5 Å². The van der Waals surface area contributed by atoms with E-state index in [1.54, 1.807) is 18.2 Å². The molecule has 1 aromatic rings. The predicted octanol–water partition coefficient (Wildman–Crippen LogP) is 1.23. The van der Waals surface area contributed by atoms with E-state index in [-0.39, 0.29) is 0 Å². The van der Waals surface area contributed by atoms with E-state index >= 15 is 0 Å². The van der Waals surface area contributed by atoms with Crippen molar-refractivity contribution in [3.8, 4) is 5.75 Å². The molecule has 0 spiro atoms. The second-order valence-electron chi connectivity index (χ2n) is 2.62. The highest BCUT2D eigenvalue weighted by Gasteiger charge is 2.21. The van der Waals surface area contributed by atoms with E-state index < -0.39 is 12.1 Å². The molecule has 4 nitrogen and oxygen atoms in total. The lowest BCUT2D eigenvalue weighted by Gasteiger charge is -2.16. The van der Waals surface area contributed by atoms with E-state index in [9.17, 15) is 4.79 Å². The van der Waals surface area contributed by atoms with Crippen molar-refractivity contribution in [3.63, 3.8) is 0 Å². The van der Waals surface area contributed by atoms with Crippen LogP contribution in [0.2, 0.25) is 0 Å². The van der Waals surface area contributed by atoms with Gasteiger partial charge in [0.25, 0.3) is 0 Å². The zero-order valence-corrected chi connectivity index (χ0v) is 6.68. The molecule has 1 aromatic carbocycles. The second-order valence-corrected chi connectivity index (χ2v) is 2.62. The number of fused-ring (bicyclic) bond motifs is 1. The number of carboxylic acid groups (broad SMARTS) is 1. The van der Waals surface area contributed by atoms with Crippen molar-refractivity contribution < 1.29 is 14.6 Å². The predicted molar refractivity (Wildman–Crippen MR) is 46.6 cm³/mol. The molecule has 0 amide bonds. The van der Waals surface area contributed by atoms with Crippen molar-refractivity contribution in [2.24, 2.45) is 4.99 Å². The molecule has 0 saturated heterocycles. The van der Waals surface area contributed by atoms with Crippen molar-refractivity contribution in [2.75, 3.05) is 0 Å². The second kappa shape index (κ2) is 2.90. The smallest absolute Gasteiger partial charge is 0.350 e. The molecule has 4 heteroatoms. The molecular formula is C9H7NO3. The van der Waals surface area contributed by atoms with E-state index in [1.807, 2.05) is 6.07 Å². The maximum atomic E-state index is 10.5. The zero-order valence-electron chi connectivity index (χ0n) is 6.68. The third-order valence-corrected chi connectivity index (χ3v) is 1.71. The fourth-order valence-electron chi connectivity index (χ4n) is 1.09. The molecule has 0 saturated carbocycles. The summed E-state index contributed by atoms with van der Waals surface area (Å²) < 4.78 is 5.14. The highest BCUT2D eigenvalue weighted by atomic mass is 16.5. The summed E-state index contributed by atoms with van der Waals surface area (Å²) in [4.78, 5) is 14.5. The molecule has 0 radical (unpaired) electrons. The Morgan fingerprint density at radius 1 is 1.46 bits per heavy atom. The minimum atomic E-state index is -1.03. The molecule has 1 unspecified atom stereocenters. The Morgan fingerprint density at radius 2 is 2.23 bits per heavy atom. The maximum absolute atomic E-state index is 10.5. The van der Waals surface area contributed by atoms with Crippen LogP contribution in [-0.2, 0) is 4.79 Å². The molecule has 0 fully saturated rings. The van der Waals surface area contributed by atoms with Gasteiger partial charge in [-0.15, -0.1) is 0 Å². The van der Waals surface area contributed by atoms with E-state index in [0.717, 1.165) is 0 Å². The number of benzene rings is 1. The van der Waals surface area contributed by atoms with Crippen molar-refractivity contribution in [3.05, 3.63) is 24.3 Å². The summed E-state index contributed by atoms with van der Waals surface area (Å²) >= 11 is 0. The van der Waals surface area contributed by atoms with E-state index in [0.29, 0.717) is 11.4 Å². The summed E-state index contributed by atoms with van der Waals surface area (Å²) in [6, 6.07) is 7.06. The van der Waals surface area contributed by atoms with Gasteiger partial charge in [0, 0.05) is 0 Å². The van der Waals surface area contributed by atoms with Gasteiger partial charge >= 0.3 is 5.97 Å². The van der Waals surface area contributed by atoms with Gasteiger partial charge in [0.05, 0.1) is 6.21 Å². The molecule has 1 N–H and O–H groups in total. The first kappa shape index (κ1) is 7.79. The van der Waals surface area contributed by atoms with E-state index in [4.69, 9.17) is 9.84 Å². The minimum absolute atomic E-state index is 0.511. The third kappa shape index (κ3) is 1.38. The molecule has 1 heterocycles.